The number of hydrogen-bond donors (Lipinski definition) is 2. The summed E-state index contributed by atoms with van der Waals surface area (Å²) in [4.78, 5) is 0. The van der Waals surface area contributed by atoms with Crippen LogP contribution < -0.4 is 10.7 Å². The summed E-state index contributed by atoms with van der Waals surface area (Å²) in [5.41, 5.74) is 5.66. The van der Waals surface area contributed by atoms with Crippen LogP contribution in [0.2, 0.25) is 0 Å². The molecule has 0 aromatic heterocycles. The van der Waals surface area contributed by atoms with Gasteiger partial charge in [0.2, 0.25) is 0 Å². The Morgan fingerprint density at radius 2 is 1.96 bits per heavy atom. The van der Waals surface area contributed by atoms with E-state index >= 15 is 0 Å². The fourth-order valence-corrected chi connectivity index (χ4v) is 3.43. The number of benzene rings is 1. The highest BCUT2D eigenvalue weighted by molar-refractivity contribution is 7.80. The Balaban J connectivity index is 1.38. The van der Waals surface area contributed by atoms with E-state index < -0.39 is 0 Å². The third kappa shape index (κ3) is 5.01. The van der Waals surface area contributed by atoms with Gasteiger partial charge < -0.3 is 10.1 Å². The first-order valence-corrected chi connectivity index (χ1v) is 8.98. The Hall–Kier alpha value is -1.46. The molecule has 1 atom stereocenters. The summed E-state index contributed by atoms with van der Waals surface area (Å²) >= 11 is 5.27. The third-order valence-corrected chi connectivity index (χ3v) is 4.90. The maximum Gasteiger partial charge on any atom is 0.187 e. The zero-order chi connectivity index (χ0) is 15.9. The summed E-state index contributed by atoms with van der Waals surface area (Å²) in [6.45, 7) is 1.64. The Morgan fingerprint density at radius 3 is 2.65 bits per heavy atom. The predicted molar refractivity (Wildman–Crippen MR) is 97.8 cm³/mol. The molecule has 1 saturated carbocycles. The number of rotatable bonds is 4. The average molecular weight is 331 g/mol. The first-order valence-electron chi connectivity index (χ1n) is 8.57. The molecule has 1 aliphatic carbocycles. The monoisotopic (exact) mass is 331 g/mol. The van der Waals surface area contributed by atoms with Crippen LogP contribution in [0.25, 0.3) is 0 Å². The molecule has 1 aliphatic heterocycles. The smallest absolute Gasteiger partial charge is 0.187 e. The van der Waals surface area contributed by atoms with Gasteiger partial charge in [-0.3, -0.25) is 5.43 Å². The van der Waals surface area contributed by atoms with E-state index in [0.717, 1.165) is 38.8 Å². The van der Waals surface area contributed by atoms with Crippen LogP contribution >= 0.6 is 12.2 Å². The van der Waals surface area contributed by atoms with Gasteiger partial charge in [-0.1, -0.05) is 30.3 Å². The lowest BCUT2D eigenvalue weighted by molar-refractivity contribution is 0.114. The lowest BCUT2D eigenvalue weighted by Gasteiger charge is -2.23. The number of nitrogens with one attached hydrogen (secondary N) is 2. The quantitative estimate of drug-likeness (QED) is 0.656. The minimum atomic E-state index is 0.295. The van der Waals surface area contributed by atoms with Crippen molar-refractivity contribution in [1.29, 1.82) is 0 Å². The molecular formula is C18H25N3OS. The Kier molecular flexibility index (Phi) is 6.00. The zero-order valence-corrected chi connectivity index (χ0v) is 14.3. The highest BCUT2D eigenvalue weighted by atomic mass is 32.1. The van der Waals surface area contributed by atoms with E-state index in [1.54, 1.807) is 0 Å². The number of nitrogens with zero attached hydrogens (tertiary/aromatic N) is 1. The lowest BCUT2D eigenvalue weighted by Crippen LogP contribution is -2.37. The van der Waals surface area contributed by atoms with Crippen LogP contribution in [0.3, 0.4) is 0 Å². The van der Waals surface area contributed by atoms with Gasteiger partial charge in [-0.25, -0.2) is 0 Å². The fourth-order valence-electron chi connectivity index (χ4n) is 3.30. The molecule has 1 heterocycles. The van der Waals surface area contributed by atoms with Crippen LogP contribution in [-0.4, -0.2) is 30.1 Å². The van der Waals surface area contributed by atoms with Crippen LogP contribution in [0.4, 0.5) is 0 Å². The Labute approximate surface area is 143 Å². The van der Waals surface area contributed by atoms with E-state index in [4.69, 9.17) is 17.0 Å². The molecule has 0 spiro atoms. The van der Waals surface area contributed by atoms with E-state index in [9.17, 15) is 0 Å². The molecule has 0 radical (unpaired) electrons. The van der Waals surface area contributed by atoms with Crippen LogP contribution in [0.15, 0.2) is 35.4 Å². The zero-order valence-electron chi connectivity index (χ0n) is 13.5. The normalized spacial score (nSPS) is 24.3. The molecule has 4 nitrogen and oxygen atoms in total. The summed E-state index contributed by atoms with van der Waals surface area (Å²) in [5, 5.41) is 8.26. The maximum absolute atomic E-state index is 5.57. The molecule has 0 unspecified atom stereocenters. The Bertz CT molecular complexity index is 530. The summed E-state index contributed by atoms with van der Waals surface area (Å²) in [6, 6.07) is 10.8. The van der Waals surface area contributed by atoms with Crippen molar-refractivity contribution in [3.05, 3.63) is 35.9 Å². The molecule has 0 amide bonds. The van der Waals surface area contributed by atoms with Crippen LogP contribution in [-0.2, 0) is 4.74 Å². The van der Waals surface area contributed by atoms with Crippen molar-refractivity contribution in [1.82, 2.24) is 10.7 Å². The van der Waals surface area contributed by atoms with Gasteiger partial charge in [0, 0.05) is 18.9 Å². The van der Waals surface area contributed by atoms with Gasteiger partial charge in [-0.2, -0.15) is 5.10 Å². The van der Waals surface area contributed by atoms with E-state index in [1.165, 1.54) is 24.1 Å². The summed E-state index contributed by atoms with van der Waals surface area (Å²) in [7, 11) is 0. The van der Waals surface area contributed by atoms with Crippen molar-refractivity contribution in [2.45, 2.75) is 50.5 Å². The highest BCUT2D eigenvalue weighted by Crippen LogP contribution is 2.31. The van der Waals surface area contributed by atoms with Gasteiger partial charge >= 0.3 is 0 Å². The van der Waals surface area contributed by atoms with Crippen LogP contribution in [0, 0.1) is 0 Å². The topological polar surface area (TPSA) is 45.6 Å². The van der Waals surface area contributed by atoms with Gasteiger partial charge in [0.25, 0.3) is 0 Å². The maximum atomic E-state index is 5.57. The molecule has 1 aromatic carbocycles. The second-order valence-electron chi connectivity index (χ2n) is 6.32. The highest BCUT2D eigenvalue weighted by Gasteiger charge is 2.19. The van der Waals surface area contributed by atoms with Gasteiger partial charge in [0.15, 0.2) is 5.11 Å². The summed E-state index contributed by atoms with van der Waals surface area (Å²) in [5.74, 6) is 0.666. The van der Waals surface area contributed by atoms with E-state index in [1.807, 2.05) is 0 Å². The largest absolute Gasteiger partial charge is 0.376 e. The van der Waals surface area contributed by atoms with Crippen molar-refractivity contribution in [2.24, 2.45) is 5.10 Å². The molecule has 0 bridgehead atoms. The third-order valence-electron chi connectivity index (χ3n) is 4.66. The van der Waals surface area contributed by atoms with Crippen LogP contribution in [0.5, 0.6) is 0 Å². The van der Waals surface area contributed by atoms with Crippen molar-refractivity contribution >= 4 is 23.0 Å². The van der Waals surface area contributed by atoms with Gasteiger partial charge in [0.1, 0.15) is 0 Å². The van der Waals surface area contributed by atoms with Crippen molar-refractivity contribution < 1.29 is 4.74 Å². The van der Waals surface area contributed by atoms with Crippen molar-refractivity contribution in [3.8, 4) is 0 Å². The molecule has 124 valence electrons. The second kappa shape index (κ2) is 8.41. The molecular weight excluding hydrogens is 306 g/mol. The van der Waals surface area contributed by atoms with Gasteiger partial charge in [-0.05, 0) is 62.2 Å². The first-order chi connectivity index (χ1) is 11.3. The first kappa shape index (κ1) is 16.4. The second-order valence-corrected chi connectivity index (χ2v) is 6.73. The predicted octanol–water partition coefficient (Wildman–Crippen LogP) is 3.34. The minimum absolute atomic E-state index is 0.295. The van der Waals surface area contributed by atoms with Crippen LogP contribution in [0.1, 0.15) is 50.0 Å². The lowest BCUT2D eigenvalue weighted by atomic mass is 9.83. The molecule has 5 heteroatoms. The van der Waals surface area contributed by atoms with Gasteiger partial charge in [0.05, 0.1) is 6.10 Å². The van der Waals surface area contributed by atoms with Gasteiger partial charge in [-0.15, -0.1) is 0 Å². The number of ether oxygens (including phenoxy) is 1. The molecule has 23 heavy (non-hydrogen) atoms. The fraction of sp³-hybridized carbons (Fsp3) is 0.556. The van der Waals surface area contributed by atoms with E-state index in [2.05, 4.69) is 46.2 Å². The standard InChI is InChI=1S/C18H25N3OS/c23-18(19-13-17-7-4-12-22-17)21-20-16-10-8-15(9-11-16)14-5-2-1-3-6-14/h1-3,5-6,15,17H,4,7-13H2,(H2,19,21,23)/t15?,17-/m0/s1. The molecule has 2 N–H and O–H groups in total. The summed E-state index contributed by atoms with van der Waals surface area (Å²) < 4.78 is 5.57. The number of hydrazone groups is 1. The number of hydrogen-bond acceptors (Lipinski definition) is 3. The molecule has 3 rings (SSSR count). The molecule has 2 fully saturated rings. The molecule has 1 saturated heterocycles. The van der Waals surface area contributed by atoms with Crippen molar-refractivity contribution in [2.75, 3.05) is 13.2 Å². The van der Waals surface area contributed by atoms with E-state index in [0.29, 0.717) is 17.1 Å². The van der Waals surface area contributed by atoms with E-state index in [-0.39, 0.29) is 0 Å². The summed E-state index contributed by atoms with van der Waals surface area (Å²) in [6.07, 6.45) is 6.98. The number of thiocarbonyl (C=S) groups is 1. The average Bonchev–Trinajstić information content (AvgIpc) is 3.13. The minimum Gasteiger partial charge on any atom is -0.376 e. The molecule has 2 aliphatic rings. The SMILES string of the molecule is S=C(NC[C@@H]1CCCO1)NN=C1CCC(c2ccccc2)CC1. The Morgan fingerprint density at radius 1 is 1.17 bits per heavy atom. The molecule has 1 aromatic rings. The van der Waals surface area contributed by atoms with Crippen molar-refractivity contribution in [3.63, 3.8) is 0 Å².